The predicted molar refractivity (Wildman–Crippen MR) is 56.1 cm³/mol. The molecule has 0 aromatic heterocycles. The van der Waals surface area contributed by atoms with Crippen molar-refractivity contribution in [1.82, 2.24) is 0 Å². The Bertz CT molecular complexity index is 229. The molecule has 16 heavy (non-hydrogen) atoms. The largest absolute Gasteiger partial charge is 0.596 e. The average Bonchev–Trinajstić information content (AvgIpc) is 2.28. The van der Waals surface area contributed by atoms with Gasteiger partial charge in [-0.2, -0.15) is 9.59 Å². The molecule has 0 aliphatic heterocycles. The maximum Gasteiger partial charge on any atom is 0.596 e. The first-order chi connectivity index (χ1) is 7.63. The number of carbonyl (C=O) groups is 2. The van der Waals surface area contributed by atoms with Crippen molar-refractivity contribution in [3.05, 3.63) is 5.53 Å². The topological polar surface area (TPSA) is 77.9 Å². The van der Waals surface area contributed by atoms with Gasteiger partial charge < -0.3 is 15.0 Å². The van der Waals surface area contributed by atoms with Crippen molar-refractivity contribution in [2.45, 2.75) is 39.5 Å². The Morgan fingerprint density at radius 1 is 1.00 bits per heavy atom. The maximum atomic E-state index is 11.0. The van der Waals surface area contributed by atoms with E-state index < -0.39 is 12.2 Å². The van der Waals surface area contributed by atoms with Crippen molar-refractivity contribution in [2.24, 2.45) is 0 Å². The summed E-state index contributed by atoms with van der Waals surface area (Å²) < 4.78 is 9.07. The number of imide groups is 1. The number of carbonyl (C=O) groups excluding carboxylic acids is 2. The Hall–Kier alpha value is -1.46. The third kappa shape index (κ3) is 6.10. The molecule has 0 radical (unpaired) electrons. The van der Waals surface area contributed by atoms with Crippen molar-refractivity contribution < 1.29 is 23.8 Å². The van der Waals surface area contributed by atoms with E-state index in [0.717, 1.165) is 12.8 Å². The summed E-state index contributed by atoms with van der Waals surface area (Å²) in [6.07, 6.45) is 0.888. The third-order valence-corrected chi connectivity index (χ3v) is 1.79. The van der Waals surface area contributed by atoms with Crippen molar-refractivity contribution in [3.63, 3.8) is 0 Å². The fourth-order valence-electron chi connectivity index (χ4n) is 0.804. The monoisotopic (exact) mass is 230 g/mol. The lowest BCUT2D eigenvalue weighted by atomic mass is 10.4. The minimum absolute atomic E-state index is 0.147. The normalized spacial score (nSPS) is 9.62. The van der Waals surface area contributed by atoms with E-state index in [1.165, 1.54) is 0 Å². The molecular weight excluding hydrogens is 212 g/mol. The Kier molecular flexibility index (Phi) is 8.01. The van der Waals surface area contributed by atoms with Crippen LogP contribution in [0.2, 0.25) is 0 Å². The quantitative estimate of drug-likeness (QED) is 0.399. The lowest BCUT2D eigenvalue weighted by Gasteiger charge is -2.03. The molecule has 0 aromatic rings. The number of hydrogen-bond acceptors (Lipinski definition) is 4. The summed E-state index contributed by atoms with van der Waals surface area (Å²) in [7, 11) is 0. The molecule has 0 fully saturated rings. The van der Waals surface area contributed by atoms with Gasteiger partial charge in [0.1, 0.15) is 0 Å². The molecule has 0 aliphatic carbocycles. The SMILES string of the molecule is CCCCOC(=O)[N+](=[N-])C(=O)OCCCC. The molecule has 0 spiro atoms. The zero-order valence-corrected chi connectivity index (χ0v) is 9.77. The first-order valence-corrected chi connectivity index (χ1v) is 5.46. The van der Waals surface area contributed by atoms with Crippen LogP contribution in [0.15, 0.2) is 0 Å². The molecule has 0 aromatic carbocycles. The molecule has 2 amide bonds. The van der Waals surface area contributed by atoms with Crippen LogP contribution in [0.4, 0.5) is 9.59 Å². The number of hydrogen-bond donors (Lipinski definition) is 0. The molecule has 0 aliphatic rings. The van der Waals surface area contributed by atoms with Crippen LogP contribution in [0, 0.1) is 0 Å². The van der Waals surface area contributed by atoms with E-state index in [9.17, 15) is 9.59 Å². The number of unbranched alkanes of at least 4 members (excludes halogenated alkanes) is 2. The van der Waals surface area contributed by atoms with Gasteiger partial charge in [-0.05, 0) is 12.8 Å². The van der Waals surface area contributed by atoms with Crippen LogP contribution in [0.3, 0.4) is 0 Å². The fourth-order valence-corrected chi connectivity index (χ4v) is 0.804. The van der Waals surface area contributed by atoms with Crippen LogP contribution in [-0.4, -0.2) is 30.1 Å². The summed E-state index contributed by atoms with van der Waals surface area (Å²) in [6, 6.07) is 0. The van der Waals surface area contributed by atoms with E-state index in [4.69, 9.17) is 5.53 Å². The van der Waals surface area contributed by atoms with Gasteiger partial charge in [0.2, 0.25) is 0 Å². The summed E-state index contributed by atoms with van der Waals surface area (Å²) >= 11 is 0. The van der Waals surface area contributed by atoms with Gasteiger partial charge in [0.25, 0.3) is 0 Å². The molecule has 0 saturated carbocycles. The van der Waals surface area contributed by atoms with E-state index in [1.54, 1.807) is 0 Å². The average molecular weight is 230 g/mol. The number of amides is 2. The molecule has 0 unspecified atom stereocenters. The van der Waals surface area contributed by atoms with Crippen LogP contribution >= 0.6 is 0 Å². The Morgan fingerprint density at radius 3 is 1.69 bits per heavy atom. The van der Waals surface area contributed by atoms with Gasteiger partial charge in [0.05, 0.1) is 13.2 Å². The lowest BCUT2D eigenvalue weighted by Crippen LogP contribution is -2.26. The van der Waals surface area contributed by atoms with Gasteiger partial charge in [0, 0.05) is 0 Å². The van der Waals surface area contributed by atoms with Crippen LogP contribution in [0.25, 0.3) is 5.53 Å². The van der Waals surface area contributed by atoms with Crippen molar-refractivity contribution in [1.29, 1.82) is 0 Å². The highest BCUT2D eigenvalue weighted by atomic mass is 16.6. The molecule has 0 heterocycles. The maximum absolute atomic E-state index is 11.0. The van der Waals surface area contributed by atoms with Gasteiger partial charge >= 0.3 is 12.2 Å². The summed E-state index contributed by atoms with van der Waals surface area (Å²) in [4.78, 5) is 22.1. The second-order valence-corrected chi connectivity index (χ2v) is 3.25. The van der Waals surface area contributed by atoms with Gasteiger partial charge in [0.15, 0.2) is 0 Å². The summed E-state index contributed by atoms with van der Waals surface area (Å²) in [5.41, 5.74) is 9.07. The van der Waals surface area contributed by atoms with Crippen molar-refractivity contribution >= 4 is 12.2 Å². The van der Waals surface area contributed by atoms with Gasteiger partial charge in [-0.1, -0.05) is 26.7 Å². The van der Waals surface area contributed by atoms with Gasteiger partial charge in [-0.25, -0.2) is 0 Å². The van der Waals surface area contributed by atoms with Gasteiger partial charge in [-0.15, -0.1) is 4.70 Å². The van der Waals surface area contributed by atoms with E-state index in [1.807, 2.05) is 13.8 Å². The third-order valence-electron chi connectivity index (χ3n) is 1.79. The number of rotatable bonds is 6. The summed E-state index contributed by atoms with van der Waals surface area (Å²) in [5, 5.41) is 0. The zero-order valence-electron chi connectivity index (χ0n) is 9.77. The molecule has 0 atom stereocenters. The number of ether oxygens (including phenoxy) is 2. The van der Waals surface area contributed by atoms with Crippen LogP contribution in [0.1, 0.15) is 39.5 Å². The highest BCUT2D eigenvalue weighted by Crippen LogP contribution is 1.96. The smallest absolute Gasteiger partial charge is 0.481 e. The molecular formula is C10H18N2O4. The lowest BCUT2D eigenvalue weighted by molar-refractivity contribution is -0.390. The van der Waals surface area contributed by atoms with E-state index >= 15 is 0 Å². The Morgan fingerprint density at radius 2 is 1.38 bits per heavy atom. The molecule has 0 bridgehead atoms. The van der Waals surface area contributed by atoms with Crippen molar-refractivity contribution in [2.75, 3.05) is 13.2 Å². The van der Waals surface area contributed by atoms with E-state index in [-0.39, 0.29) is 17.9 Å². The second-order valence-electron chi connectivity index (χ2n) is 3.25. The molecule has 6 nitrogen and oxygen atoms in total. The van der Waals surface area contributed by atoms with E-state index in [2.05, 4.69) is 9.47 Å². The van der Waals surface area contributed by atoms with Gasteiger partial charge in [-0.3, -0.25) is 0 Å². The molecule has 0 saturated heterocycles. The standard InChI is InChI=1S/C10H18N2O4/c1-3-5-7-15-9(13)12(11)10(14)16-8-6-4-2/h3-8H2,1-2H3. The summed E-state index contributed by atoms with van der Waals surface area (Å²) in [6.45, 7) is 4.22. The number of nitrogens with zero attached hydrogens (tertiary/aromatic N) is 2. The first kappa shape index (κ1) is 14.5. The second kappa shape index (κ2) is 8.82. The highest BCUT2D eigenvalue weighted by Gasteiger charge is 2.24. The minimum Gasteiger partial charge on any atom is -0.481 e. The molecule has 6 heteroatoms. The first-order valence-electron chi connectivity index (χ1n) is 5.46. The molecule has 92 valence electrons. The molecule has 0 rings (SSSR count). The Labute approximate surface area is 95.0 Å². The molecule has 0 N–H and O–H groups in total. The predicted octanol–water partition coefficient (Wildman–Crippen LogP) is 2.89. The van der Waals surface area contributed by atoms with Crippen LogP contribution in [-0.2, 0) is 9.47 Å². The minimum atomic E-state index is -1.10. The fraction of sp³-hybridized carbons (Fsp3) is 0.800. The zero-order chi connectivity index (χ0) is 12.4. The van der Waals surface area contributed by atoms with Crippen molar-refractivity contribution in [3.8, 4) is 0 Å². The highest BCUT2D eigenvalue weighted by molar-refractivity contribution is 5.72. The van der Waals surface area contributed by atoms with E-state index in [0.29, 0.717) is 12.8 Å². The Balaban J connectivity index is 3.83. The van der Waals surface area contributed by atoms with Crippen LogP contribution < -0.4 is 0 Å². The van der Waals surface area contributed by atoms with Crippen LogP contribution in [0.5, 0.6) is 0 Å². The summed E-state index contributed by atoms with van der Waals surface area (Å²) in [5.74, 6) is 0.